The van der Waals surface area contributed by atoms with Gasteiger partial charge in [0, 0.05) is 23.1 Å². The highest BCUT2D eigenvalue weighted by Gasteiger charge is 2.09. The van der Waals surface area contributed by atoms with Gasteiger partial charge in [-0.25, -0.2) is 12.9 Å². The fourth-order valence-electron chi connectivity index (χ4n) is 1.05. The Hall–Kier alpha value is -1.07. The Kier molecular flexibility index (Phi) is 1.78. The van der Waals surface area contributed by atoms with Crippen LogP contribution in [0.15, 0.2) is 35.5 Å². The van der Waals surface area contributed by atoms with Gasteiger partial charge in [-0.05, 0) is 18.2 Å². The highest BCUT2D eigenvalue weighted by molar-refractivity contribution is 8.13. The van der Waals surface area contributed by atoms with Crippen LogP contribution in [0.5, 0.6) is 0 Å². The van der Waals surface area contributed by atoms with Gasteiger partial charge in [-0.2, -0.15) is 5.10 Å². The maximum atomic E-state index is 10.9. The van der Waals surface area contributed by atoms with Gasteiger partial charge in [-0.3, -0.25) is 0 Å². The van der Waals surface area contributed by atoms with Crippen LogP contribution in [0.1, 0.15) is 0 Å². The molecule has 68 valence electrons. The molecule has 0 amide bonds. The van der Waals surface area contributed by atoms with Gasteiger partial charge < -0.3 is 0 Å². The Balaban J connectivity index is 2.75. The van der Waals surface area contributed by atoms with Crippen LogP contribution in [-0.4, -0.2) is 18.0 Å². The summed E-state index contributed by atoms with van der Waals surface area (Å²) >= 11 is 0. The number of hydrogen-bond donors (Lipinski definition) is 0. The van der Waals surface area contributed by atoms with Gasteiger partial charge in [0.1, 0.15) is 0 Å². The summed E-state index contributed by atoms with van der Waals surface area (Å²) in [5.74, 6) is 0. The van der Waals surface area contributed by atoms with Crippen molar-refractivity contribution in [3.05, 3.63) is 30.6 Å². The van der Waals surface area contributed by atoms with E-state index in [1.54, 1.807) is 23.0 Å². The first-order chi connectivity index (χ1) is 6.07. The molecule has 0 aromatic carbocycles. The highest BCUT2D eigenvalue weighted by atomic mass is 35.7. The minimum atomic E-state index is -3.64. The molecule has 0 aliphatic heterocycles. The fraction of sp³-hybridized carbons (Fsp3) is 0. The summed E-state index contributed by atoms with van der Waals surface area (Å²) in [5.41, 5.74) is 0.696. The lowest BCUT2D eigenvalue weighted by atomic mass is 10.4. The smallest absolute Gasteiger partial charge is 0.241 e. The van der Waals surface area contributed by atoms with Gasteiger partial charge in [-0.15, -0.1) is 0 Å². The largest absolute Gasteiger partial charge is 0.261 e. The Bertz CT molecular complexity index is 546. The van der Waals surface area contributed by atoms with E-state index in [0.717, 1.165) is 0 Å². The maximum Gasteiger partial charge on any atom is 0.261 e. The molecule has 4 nitrogen and oxygen atoms in total. The number of pyridine rings is 1. The molecule has 0 atom stereocenters. The lowest BCUT2D eigenvalue weighted by Crippen LogP contribution is -1.93. The zero-order valence-electron chi connectivity index (χ0n) is 6.38. The molecule has 2 heterocycles. The summed E-state index contributed by atoms with van der Waals surface area (Å²) in [5, 5.41) is 3.92. The van der Waals surface area contributed by atoms with Crippen LogP contribution in [0.4, 0.5) is 0 Å². The van der Waals surface area contributed by atoms with Crippen molar-refractivity contribution in [3.63, 3.8) is 0 Å². The van der Waals surface area contributed by atoms with Crippen molar-refractivity contribution in [2.45, 2.75) is 4.90 Å². The molecule has 2 rings (SSSR count). The number of halogens is 1. The van der Waals surface area contributed by atoms with Crippen LogP contribution in [0.3, 0.4) is 0 Å². The molecule has 13 heavy (non-hydrogen) atoms. The first-order valence-electron chi connectivity index (χ1n) is 3.45. The lowest BCUT2D eigenvalue weighted by molar-refractivity contribution is 0.609. The van der Waals surface area contributed by atoms with Crippen LogP contribution in [0.2, 0.25) is 0 Å². The van der Waals surface area contributed by atoms with E-state index in [9.17, 15) is 8.42 Å². The molecule has 0 aliphatic carbocycles. The van der Waals surface area contributed by atoms with Gasteiger partial charge >= 0.3 is 0 Å². The van der Waals surface area contributed by atoms with Crippen molar-refractivity contribution in [2.24, 2.45) is 0 Å². The number of aromatic nitrogens is 2. The summed E-state index contributed by atoms with van der Waals surface area (Å²) in [6.07, 6.45) is 3.13. The number of fused-ring (bicyclic) bond motifs is 1. The first-order valence-corrected chi connectivity index (χ1v) is 5.76. The minimum Gasteiger partial charge on any atom is -0.241 e. The molecule has 2 aromatic heterocycles. The van der Waals surface area contributed by atoms with E-state index in [2.05, 4.69) is 5.10 Å². The molecule has 0 spiro atoms. The van der Waals surface area contributed by atoms with Crippen molar-refractivity contribution in [2.75, 3.05) is 0 Å². The topological polar surface area (TPSA) is 51.4 Å². The molecule has 0 saturated carbocycles. The SMILES string of the molecule is O=S(=O)(Cl)c1ccn2nccc2c1. The third kappa shape index (κ3) is 1.52. The minimum absolute atomic E-state index is 0.0853. The first kappa shape index (κ1) is 8.52. The van der Waals surface area contributed by atoms with Crippen LogP contribution >= 0.6 is 10.7 Å². The van der Waals surface area contributed by atoms with Crippen LogP contribution in [-0.2, 0) is 9.05 Å². The van der Waals surface area contributed by atoms with Crippen LogP contribution < -0.4 is 0 Å². The van der Waals surface area contributed by atoms with E-state index in [1.165, 1.54) is 12.1 Å². The summed E-state index contributed by atoms with van der Waals surface area (Å²) in [4.78, 5) is 0.0853. The summed E-state index contributed by atoms with van der Waals surface area (Å²) < 4.78 is 23.4. The van der Waals surface area contributed by atoms with Gasteiger partial charge in [-0.1, -0.05) is 0 Å². The molecule has 0 radical (unpaired) electrons. The Morgan fingerprint density at radius 1 is 1.38 bits per heavy atom. The number of hydrogen-bond acceptors (Lipinski definition) is 3. The molecule has 0 unspecified atom stereocenters. The average molecular weight is 217 g/mol. The molecule has 0 N–H and O–H groups in total. The highest BCUT2D eigenvalue weighted by Crippen LogP contribution is 2.16. The van der Waals surface area contributed by atoms with E-state index in [-0.39, 0.29) is 4.90 Å². The van der Waals surface area contributed by atoms with Crippen molar-refractivity contribution in [1.82, 2.24) is 9.61 Å². The molecule has 0 saturated heterocycles. The molecule has 6 heteroatoms. The maximum absolute atomic E-state index is 10.9. The van der Waals surface area contributed by atoms with Crippen LogP contribution in [0.25, 0.3) is 5.52 Å². The summed E-state index contributed by atoms with van der Waals surface area (Å²) in [6, 6.07) is 4.57. The summed E-state index contributed by atoms with van der Waals surface area (Å²) in [6.45, 7) is 0. The van der Waals surface area contributed by atoms with E-state index in [0.29, 0.717) is 5.52 Å². The normalized spacial score (nSPS) is 12.1. The fourth-order valence-corrected chi connectivity index (χ4v) is 1.83. The molecule has 2 aromatic rings. The van der Waals surface area contributed by atoms with E-state index < -0.39 is 9.05 Å². The number of rotatable bonds is 1. The van der Waals surface area contributed by atoms with Crippen molar-refractivity contribution < 1.29 is 8.42 Å². The molecule has 0 bridgehead atoms. The zero-order valence-corrected chi connectivity index (χ0v) is 7.96. The number of nitrogens with zero attached hydrogens (tertiary/aromatic N) is 2. The Morgan fingerprint density at radius 2 is 2.15 bits per heavy atom. The Labute approximate surface area is 79.2 Å². The van der Waals surface area contributed by atoms with Gasteiger partial charge in [0.15, 0.2) is 0 Å². The van der Waals surface area contributed by atoms with Gasteiger partial charge in [0.05, 0.1) is 10.4 Å². The monoisotopic (exact) mass is 216 g/mol. The van der Waals surface area contributed by atoms with Crippen molar-refractivity contribution in [3.8, 4) is 0 Å². The average Bonchev–Trinajstić information content (AvgIpc) is 2.47. The third-order valence-corrected chi connectivity index (χ3v) is 3.00. The second-order valence-corrected chi connectivity index (χ2v) is 5.07. The van der Waals surface area contributed by atoms with Gasteiger partial charge in [0.25, 0.3) is 9.05 Å². The second-order valence-electron chi connectivity index (χ2n) is 2.50. The van der Waals surface area contributed by atoms with E-state index in [4.69, 9.17) is 10.7 Å². The molecular formula is C7H5ClN2O2S. The predicted octanol–water partition coefficient (Wildman–Crippen LogP) is 1.26. The quantitative estimate of drug-likeness (QED) is 0.675. The van der Waals surface area contributed by atoms with Crippen LogP contribution in [0, 0.1) is 0 Å². The van der Waals surface area contributed by atoms with Crippen molar-refractivity contribution in [1.29, 1.82) is 0 Å². The van der Waals surface area contributed by atoms with Crippen molar-refractivity contribution >= 4 is 25.2 Å². The lowest BCUT2D eigenvalue weighted by Gasteiger charge is -1.96. The second kappa shape index (κ2) is 2.71. The standard InChI is InChI=1S/C7H5ClN2O2S/c8-13(11,12)7-2-4-10-6(5-7)1-3-9-10/h1-5H. The Morgan fingerprint density at radius 3 is 2.85 bits per heavy atom. The summed E-state index contributed by atoms with van der Waals surface area (Å²) in [7, 11) is 1.53. The van der Waals surface area contributed by atoms with E-state index >= 15 is 0 Å². The molecule has 0 aliphatic rings. The van der Waals surface area contributed by atoms with E-state index in [1.807, 2.05) is 0 Å². The van der Waals surface area contributed by atoms with Gasteiger partial charge in [0.2, 0.25) is 0 Å². The molecular weight excluding hydrogens is 212 g/mol. The predicted molar refractivity (Wildman–Crippen MR) is 48.2 cm³/mol. The molecule has 0 fully saturated rings. The zero-order chi connectivity index (χ0) is 9.47. The third-order valence-electron chi connectivity index (χ3n) is 1.65.